The van der Waals surface area contributed by atoms with Crippen LogP contribution in [0.4, 0.5) is 18.9 Å². The lowest BCUT2D eigenvalue weighted by Gasteiger charge is -2.14. The molecule has 1 amide bonds. The number of halogens is 3. The number of rotatable bonds is 6. The Morgan fingerprint density at radius 1 is 1.08 bits per heavy atom. The first-order valence-corrected chi connectivity index (χ1v) is 7.31. The van der Waals surface area contributed by atoms with Gasteiger partial charge < -0.3 is 5.32 Å². The molecule has 0 aliphatic carbocycles. The Kier molecular flexibility index (Phi) is 6.14. The van der Waals surface area contributed by atoms with Crippen molar-refractivity contribution >= 4 is 17.7 Å². The molecule has 0 aliphatic rings. The lowest BCUT2D eigenvalue weighted by molar-refractivity contribution is -0.116. The van der Waals surface area contributed by atoms with E-state index < -0.39 is 23.4 Å². The fourth-order valence-electron chi connectivity index (χ4n) is 2.05. The molecule has 2 aromatic rings. The van der Waals surface area contributed by atoms with Crippen molar-refractivity contribution in [2.24, 2.45) is 0 Å². The summed E-state index contributed by atoms with van der Waals surface area (Å²) in [5.74, 6) is -4.83. The lowest BCUT2D eigenvalue weighted by Crippen LogP contribution is -2.30. The van der Waals surface area contributed by atoms with Crippen LogP contribution in [-0.4, -0.2) is 30.9 Å². The number of nitrogens with one attached hydrogen (secondary N) is 1. The van der Waals surface area contributed by atoms with Gasteiger partial charge in [-0.1, -0.05) is 42.5 Å². The number of benzene rings is 2. The summed E-state index contributed by atoms with van der Waals surface area (Å²) in [6, 6.07) is 11.4. The first kappa shape index (κ1) is 17.7. The zero-order valence-corrected chi connectivity index (χ0v) is 13.1. The molecule has 0 aliphatic heterocycles. The fourth-order valence-corrected chi connectivity index (χ4v) is 2.05. The minimum absolute atomic E-state index is 0.0163. The number of carbonyl (C=O) groups excluding carboxylic acids is 1. The van der Waals surface area contributed by atoms with Crippen LogP contribution in [0.3, 0.4) is 0 Å². The Balaban J connectivity index is 1.86. The molecule has 0 fully saturated rings. The number of likely N-dealkylation sites (N-methyl/N-ethyl adjacent to an activating group) is 1. The number of carbonyl (C=O) groups is 1. The first-order chi connectivity index (χ1) is 11.5. The highest BCUT2D eigenvalue weighted by Crippen LogP contribution is 2.19. The Bertz CT molecular complexity index is 733. The van der Waals surface area contributed by atoms with Gasteiger partial charge in [0.05, 0.1) is 12.2 Å². The van der Waals surface area contributed by atoms with Crippen LogP contribution in [0.2, 0.25) is 0 Å². The maximum atomic E-state index is 13.5. The van der Waals surface area contributed by atoms with Gasteiger partial charge >= 0.3 is 0 Å². The first-order valence-electron chi connectivity index (χ1n) is 7.31. The molecule has 2 rings (SSSR count). The van der Waals surface area contributed by atoms with Gasteiger partial charge in [-0.15, -0.1) is 0 Å². The van der Waals surface area contributed by atoms with Crippen LogP contribution >= 0.6 is 0 Å². The highest BCUT2D eigenvalue weighted by molar-refractivity contribution is 5.92. The van der Waals surface area contributed by atoms with Gasteiger partial charge in [-0.05, 0) is 24.7 Å². The molecule has 0 aromatic heterocycles. The quantitative estimate of drug-likeness (QED) is 0.817. The monoisotopic (exact) mass is 334 g/mol. The van der Waals surface area contributed by atoms with Gasteiger partial charge in [0.25, 0.3) is 0 Å². The molecular weight excluding hydrogens is 317 g/mol. The molecule has 0 saturated heterocycles. The van der Waals surface area contributed by atoms with Crippen molar-refractivity contribution in [3.8, 4) is 0 Å². The van der Waals surface area contributed by atoms with Crippen LogP contribution in [0.15, 0.2) is 48.5 Å². The molecule has 0 saturated carbocycles. The molecule has 24 heavy (non-hydrogen) atoms. The summed E-state index contributed by atoms with van der Waals surface area (Å²) in [7, 11) is 1.72. The Hall–Kier alpha value is -2.60. The topological polar surface area (TPSA) is 32.3 Å². The van der Waals surface area contributed by atoms with Gasteiger partial charge in [-0.25, -0.2) is 13.2 Å². The zero-order valence-electron chi connectivity index (χ0n) is 13.1. The number of hydrogen-bond acceptors (Lipinski definition) is 2. The summed E-state index contributed by atoms with van der Waals surface area (Å²) >= 11 is 0. The maximum Gasteiger partial charge on any atom is 0.238 e. The SMILES string of the molecule is CN(C/C=C/c1ccccc1)CC(=O)Nc1ccc(F)c(F)c1F. The summed E-state index contributed by atoms with van der Waals surface area (Å²) in [6.45, 7) is 0.486. The minimum atomic E-state index is -1.60. The van der Waals surface area contributed by atoms with E-state index in [0.717, 1.165) is 17.7 Å². The average molecular weight is 334 g/mol. The van der Waals surface area contributed by atoms with E-state index in [1.165, 1.54) is 0 Å². The molecule has 0 unspecified atom stereocenters. The fraction of sp³-hybridized carbons (Fsp3) is 0.167. The van der Waals surface area contributed by atoms with Crippen molar-refractivity contribution in [2.45, 2.75) is 0 Å². The molecule has 2 aromatic carbocycles. The van der Waals surface area contributed by atoms with Crippen LogP contribution in [-0.2, 0) is 4.79 Å². The Morgan fingerprint density at radius 3 is 2.50 bits per heavy atom. The van der Waals surface area contributed by atoms with E-state index in [-0.39, 0.29) is 12.2 Å². The molecule has 3 nitrogen and oxygen atoms in total. The minimum Gasteiger partial charge on any atom is -0.322 e. The normalized spacial score (nSPS) is 11.2. The summed E-state index contributed by atoms with van der Waals surface area (Å²) in [4.78, 5) is 13.5. The smallest absolute Gasteiger partial charge is 0.238 e. The van der Waals surface area contributed by atoms with Gasteiger partial charge in [-0.2, -0.15) is 0 Å². The molecule has 0 atom stereocenters. The van der Waals surface area contributed by atoms with Crippen molar-refractivity contribution in [1.29, 1.82) is 0 Å². The third-order valence-corrected chi connectivity index (χ3v) is 3.25. The molecule has 0 heterocycles. The van der Waals surface area contributed by atoms with Crippen molar-refractivity contribution in [3.63, 3.8) is 0 Å². The van der Waals surface area contributed by atoms with Crippen LogP contribution in [0, 0.1) is 17.5 Å². The number of amides is 1. The number of hydrogen-bond donors (Lipinski definition) is 1. The molecule has 6 heteroatoms. The van der Waals surface area contributed by atoms with Crippen LogP contribution < -0.4 is 5.32 Å². The van der Waals surface area contributed by atoms with E-state index in [0.29, 0.717) is 6.54 Å². The number of anilines is 1. The van der Waals surface area contributed by atoms with Gasteiger partial charge in [0.15, 0.2) is 17.5 Å². The summed E-state index contributed by atoms with van der Waals surface area (Å²) in [5.41, 5.74) is 0.659. The highest BCUT2D eigenvalue weighted by Gasteiger charge is 2.15. The van der Waals surface area contributed by atoms with E-state index in [9.17, 15) is 18.0 Å². The van der Waals surface area contributed by atoms with Crippen molar-refractivity contribution < 1.29 is 18.0 Å². The number of nitrogens with zero attached hydrogens (tertiary/aromatic N) is 1. The van der Waals surface area contributed by atoms with Crippen LogP contribution in [0.25, 0.3) is 6.08 Å². The average Bonchev–Trinajstić information content (AvgIpc) is 2.56. The van der Waals surface area contributed by atoms with Gasteiger partial charge in [-0.3, -0.25) is 9.69 Å². The van der Waals surface area contributed by atoms with Gasteiger partial charge in [0.2, 0.25) is 5.91 Å². The second-order valence-corrected chi connectivity index (χ2v) is 5.28. The van der Waals surface area contributed by atoms with Gasteiger partial charge in [0.1, 0.15) is 0 Å². The molecule has 0 radical (unpaired) electrons. The zero-order chi connectivity index (χ0) is 17.5. The van der Waals surface area contributed by atoms with E-state index >= 15 is 0 Å². The Labute approximate surface area is 138 Å². The molecule has 0 bridgehead atoms. The van der Waals surface area contributed by atoms with Crippen molar-refractivity contribution in [3.05, 3.63) is 71.6 Å². The summed E-state index contributed by atoms with van der Waals surface area (Å²) in [6.07, 6.45) is 3.81. The van der Waals surface area contributed by atoms with E-state index in [1.807, 2.05) is 42.5 Å². The second kappa shape index (κ2) is 8.31. The predicted molar refractivity (Wildman–Crippen MR) is 87.9 cm³/mol. The van der Waals surface area contributed by atoms with Crippen LogP contribution in [0.1, 0.15) is 5.56 Å². The van der Waals surface area contributed by atoms with Crippen molar-refractivity contribution in [1.82, 2.24) is 4.90 Å². The third-order valence-electron chi connectivity index (χ3n) is 3.25. The van der Waals surface area contributed by atoms with Crippen molar-refractivity contribution in [2.75, 3.05) is 25.5 Å². The van der Waals surface area contributed by atoms with Crippen LogP contribution in [0.5, 0.6) is 0 Å². The summed E-state index contributed by atoms with van der Waals surface area (Å²) in [5, 5.41) is 2.23. The van der Waals surface area contributed by atoms with E-state index in [2.05, 4.69) is 5.32 Å². The third kappa shape index (κ3) is 4.96. The maximum absolute atomic E-state index is 13.5. The van der Waals surface area contributed by atoms with E-state index in [4.69, 9.17) is 0 Å². The lowest BCUT2D eigenvalue weighted by atomic mass is 10.2. The molecule has 1 N–H and O–H groups in total. The standard InChI is InChI=1S/C18H17F3N2O/c1-23(11-5-8-13-6-3-2-4-7-13)12-16(24)22-15-10-9-14(19)17(20)18(15)21/h2-10H,11-12H2,1H3,(H,22,24)/b8-5+. The predicted octanol–water partition coefficient (Wildman–Crippen LogP) is 3.69. The Morgan fingerprint density at radius 2 is 1.79 bits per heavy atom. The van der Waals surface area contributed by atoms with Gasteiger partial charge in [0, 0.05) is 6.54 Å². The summed E-state index contributed by atoms with van der Waals surface area (Å²) < 4.78 is 39.5. The highest BCUT2D eigenvalue weighted by atomic mass is 19.2. The second-order valence-electron chi connectivity index (χ2n) is 5.28. The molecule has 0 spiro atoms. The largest absolute Gasteiger partial charge is 0.322 e. The molecular formula is C18H17F3N2O. The van der Waals surface area contributed by atoms with E-state index in [1.54, 1.807) is 11.9 Å². The molecule has 126 valence electrons.